The summed E-state index contributed by atoms with van der Waals surface area (Å²) in [5, 5.41) is 9.21. The first-order chi connectivity index (χ1) is 16.6. The van der Waals surface area contributed by atoms with Crippen LogP contribution in [0, 0.1) is 11.2 Å². The van der Waals surface area contributed by atoms with Crippen molar-refractivity contribution in [2.24, 2.45) is 0 Å². The molecule has 1 aliphatic rings. The number of hydrogen-bond donors (Lipinski definition) is 3. The zero-order valence-electron chi connectivity index (χ0n) is 18.9. The van der Waals surface area contributed by atoms with Crippen LogP contribution in [0.1, 0.15) is 23.6 Å². The third-order valence-electron chi connectivity index (χ3n) is 5.53. The number of nitrogens with two attached hydrogens (primary N) is 1. The van der Waals surface area contributed by atoms with E-state index in [1.54, 1.807) is 24.6 Å². The molecule has 0 spiro atoms. The average molecular weight is 537 g/mol. The van der Waals surface area contributed by atoms with Gasteiger partial charge in [0, 0.05) is 66.4 Å². The van der Waals surface area contributed by atoms with Gasteiger partial charge in [-0.15, -0.1) is 0 Å². The third-order valence-corrected chi connectivity index (χ3v) is 6.96. The molecule has 4 N–H and O–H groups in total. The Morgan fingerprint density at radius 3 is 2.57 bits per heavy atom. The molecule has 1 aliphatic heterocycles. The van der Waals surface area contributed by atoms with Crippen LogP contribution >= 0.6 is 23.2 Å². The second-order valence-electron chi connectivity index (χ2n) is 8.49. The van der Waals surface area contributed by atoms with Crippen molar-refractivity contribution in [3.05, 3.63) is 75.4 Å². The monoisotopic (exact) mass is 536 g/mol. The van der Waals surface area contributed by atoms with Crippen molar-refractivity contribution in [2.45, 2.75) is 19.1 Å². The topological polar surface area (TPSA) is 117 Å². The van der Waals surface area contributed by atoms with Gasteiger partial charge in [-0.2, -0.15) is 0 Å². The van der Waals surface area contributed by atoms with E-state index in [2.05, 4.69) is 14.7 Å². The molecular weight excluding hydrogens is 514 g/mol. The van der Waals surface area contributed by atoms with Crippen molar-refractivity contribution in [2.75, 3.05) is 30.0 Å². The number of nitrogens with one attached hydrogen (secondary N) is 2. The second kappa shape index (κ2) is 10.1. The number of nitrogen functional groups attached to an aromatic ring is 1. The first-order valence-corrected chi connectivity index (χ1v) is 12.8. The quantitative estimate of drug-likeness (QED) is 0.296. The van der Waals surface area contributed by atoms with Gasteiger partial charge in [0.25, 0.3) is 0 Å². The molecule has 4 rings (SSSR count). The predicted molar refractivity (Wildman–Crippen MR) is 137 cm³/mol. The summed E-state index contributed by atoms with van der Waals surface area (Å²) in [6.07, 6.45) is 6.02. The fourth-order valence-electron chi connectivity index (χ4n) is 3.87. The predicted octanol–water partition coefficient (Wildman–Crippen LogP) is 3.96. The third kappa shape index (κ3) is 5.56. The fraction of sp³-hybridized carbons (Fsp3) is 0.261. The van der Waals surface area contributed by atoms with Crippen LogP contribution < -0.4 is 20.1 Å². The van der Waals surface area contributed by atoms with Crippen LogP contribution in [0.15, 0.2) is 42.9 Å². The van der Waals surface area contributed by atoms with Gasteiger partial charge in [-0.25, -0.2) is 18.3 Å². The molecule has 2 aromatic heterocycles. The van der Waals surface area contributed by atoms with E-state index < -0.39 is 16.8 Å². The lowest BCUT2D eigenvalue weighted by molar-refractivity contribution is 0.290. The van der Waals surface area contributed by atoms with Gasteiger partial charge in [0.05, 0.1) is 32.3 Å². The molecule has 184 valence electrons. The van der Waals surface area contributed by atoms with Gasteiger partial charge < -0.3 is 15.4 Å². The summed E-state index contributed by atoms with van der Waals surface area (Å²) in [6, 6.07) is 6.05. The van der Waals surface area contributed by atoms with Crippen LogP contribution in [0.5, 0.6) is 5.75 Å². The minimum Gasteiger partial charge on any atom is -0.486 e. The van der Waals surface area contributed by atoms with Crippen molar-refractivity contribution in [3.63, 3.8) is 0 Å². The molecule has 12 heteroatoms. The fourth-order valence-corrected chi connectivity index (χ4v) is 5.16. The lowest BCUT2D eigenvalue weighted by atomic mass is 9.93. The van der Waals surface area contributed by atoms with Crippen molar-refractivity contribution in [3.8, 4) is 5.75 Å². The largest absolute Gasteiger partial charge is 0.486 e. The Morgan fingerprint density at radius 2 is 1.97 bits per heavy atom. The van der Waals surface area contributed by atoms with E-state index in [9.17, 15) is 8.60 Å². The van der Waals surface area contributed by atoms with E-state index in [1.165, 1.54) is 18.5 Å². The van der Waals surface area contributed by atoms with Gasteiger partial charge in [-0.05, 0) is 25.1 Å². The van der Waals surface area contributed by atoms with Crippen LogP contribution in [0.2, 0.25) is 10.0 Å². The number of aromatic nitrogens is 2. The van der Waals surface area contributed by atoms with Gasteiger partial charge in [0.1, 0.15) is 12.4 Å². The molecule has 1 saturated heterocycles. The summed E-state index contributed by atoms with van der Waals surface area (Å²) in [7, 11) is -1.10. The average Bonchev–Trinajstić information content (AvgIpc) is 2.77. The Balaban J connectivity index is 1.49. The molecule has 35 heavy (non-hydrogen) atoms. The van der Waals surface area contributed by atoms with E-state index in [0.29, 0.717) is 39.8 Å². The normalized spacial score (nSPS) is 15.4. The summed E-state index contributed by atoms with van der Waals surface area (Å²) in [6.45, 7) is 3.24. The summed E-state index contributed by atoms with van der Waals surface area (Å²) in [4.78, 5) is 10.4. The molecule has 3 heterocycles. The molecule has 0 saturated carbocycles. The molecule has 8 nitrogen and oxygen atoms in total. The molecule has 0 amide bonds. The summed E-state index contributed by atoms with van der Waals surface area (Å²) in [5.74, 6) is -0.0191. The number of ether oxygens (including phenoxy) is 1. The number of benzene rings is 1. The van der Waals surface area contributed by atoms with Crippen LogP contribution in [0.3, 0.4) is 0 Å². The van der Waals surface area contributed by atoms with E-state index in [0.717, 1.165) is 11.9 Å². The highest BCUT2D eigenvalue weighted by Crippen LogP contribution is 2.30. The Hall–Kier alpha value is -2.79. The van der Waals surface area contributed by atoms with Crippen molar-refractivity contribution in [1.82, 2.24) is 14.7 Å². The highest BCUT2D eigenvalue weighted by atomic mass is 35.5. The Labute approximate surface area is 214 Å². The number of anilines is 2. The second-order valence-corrected chi connectivity index (χ2v) is 10.4. The smallest absolute Gasteiger partial charge is 0.167 e. The van der Waals surface area contributed by atoms with Crippen molar-refractivity contribution in [1.29, 1.82) is 5.41 Å². The Morgan fingerprint density at radius 1 is 1.29 bits per heavy atom. The van der Waals surface area contributed by atoms with E-state index in [4.69, 9.17) is 39.1 Å². The minimum atomic E-state index is -1.10. The molecule has 1 atom stereocenters. The Kier molecular flexibility index (Phi) is 7.27. The molecular formula is C23H23Cl2FN6O2S. The number of rotatable bonds is 8. The maximum Gasteiger partial charge on any atom is 0.167 e. The molecule has 1 aromatic carbocycles. The molecule has 1 unspecified atom stereocenters. The first-order valence-electron chi connectivity index (χ1n) is 10.5. The lowest BCUT2D eigenvalue weighted by Crippen LogP contribution is -2.68. The lowest BCUT2D eigenvalue weighted by Gasteiger charge is -2.48. The van der Waals surface area contributed by atoms with Gasteiger partial charge in [0.15, 0.2) is 11.6 Å². The number of hydrogen-bond acceptors (Lipinski definition) is 7. The van der Waals surface area contributed by atoms with Crippen LogP contribution in [0.4, 0.5) is 15.9 Å². The number of pyridine rings is 2. The molecule has 0 bridgehead atoms. The van der Waals surface area contributed by atoms with Crippen LogP contribution in [0.25, 0.3) is 0 Å². The summed E-state index contributed by atoms with van der Waals surface area (Å²) >= 11 is 12.2. The van der Waals surface area contributed by atoms with Gasteiger partial charge in [0.2, 0.25) is 0 Å². The molecule has 1 fully saturated rings. The zero-order valence-corrected chi connectivity index (χ0v) is 21.3. The molecule has 0 radical (unpaired) electrons. The molecule has 0 aliphatic carbocycles. The Bertz CT molecular complexity index is 1280. The van der Waals surface area contributed by atoms with Crippen LogP contribution in [-0.4, -0.2) is 44.8 Å². The highest BCUT2D eigenvalue weighted by molar-refractivity contribution is 7.82. The number of nitrogens with zero attached hydrogens (tertiary/aromatic N) is 3. The van der Waals surface area contributed by atoms with Crippen LogP contribution in [-0.2, 0) is 17.6 Å². The van der Waals surface area contributed by atoms with Crippen molar-refractivity contribution < 1.29 is 13.3 Å². The van der Waals surface area contributed by atoms with Gasteiger partial charge in [-0.1, -0.05) is 23.2 Å². The summed E-state index contributed by atoms with van der Waals surface area (Å²) < 4.78 is 34.6. The van der Waals surface area contributed by atoms with E-state index in [-0.39, 0.29) is 29.3 Å². The van der Waals surface area contributed by atoms with Crippen molar-refractivity contribution >= 4 is 51.4 Å². The van der Waals surface area contributed by atoms with E-state index in [1.807, 2.05) is 11.8 Å². The highest BCUT2D eigenvalue weighted by Gasteiger charge is 2.40. The standard InChI is InChI=1S/C23H23Cl2FN6O2S/c1-23(31-35(2)33)11-32(12-23)21-4-3-13(7-30-21)22(28)14-5-20(18(26)6-19(14)27)34-10-15-16(24)8-29-9-17(15)25/h3-9,28,31H,10-12,27H2,1-2H3. The SMILES string of the molecule is CS(=O)NC1(C)CN(c2ccc(C(=N)c3cc(OCc4c(Cl)cncc4Cl)c(F)cc3N)cn2)C1. The maximum absolute atomic E-state index is 14.5. The zero-order chi connectivity index (χ0) is 25.3. The first kappa shape index (κ1) is 25.3. The molecule has 3 aromatic rings. The minimum absolute atomic E-state index is 0.0721. The number of halogens is 3. The maximum atomic E-state index is 14.5. The summed E-state index contributed by atoms with van der Waals surface area (Å²) in [5.41, 5.74) is 7.23. The van der Waals surface area contributed by atoms with Gasteiger partial charge >= 0.3 is 0 Å². The van der Waals surface area contributed by atoms with E-state index >= 15 is 0 Å². The van der Waals surface area contributed by atoms with Gasteiger partial charge in [-0.3, -0.25) is 10.4 Å².